The van der Waals surface area contributed by atoms with E-state index in [1.165, 1.54) is 11.6 Å². The molecule has 0 unspecified atom stereocenters. The molecule has 0 bridgehead atoms. The molecular formula is C14H16O3. The summed E-state index contributed by atoms with van der Waals surface area (Å²) in [5.74, 6) is 0.309. The van der Waals surface area contributed by atoms with Crippen molar-refractivity contribution >= 4 is 11.5 Å². The first-order valence-corrected chi connectivity index (χ1v) is 5.78. The first kappa shape index (κ1) is 11.7. The Morgan fingerprint density at radius 3 is 2.88 bits per heavy atom. The van der Waals surface area contributed by atoms with Gasteiger partial charge in [0.1, 0.15) is 5.75 Å². The zero-order valence-electron chi connectivity index (χ0n) is 10.1. The molecule has 0 atom stereocenters. The number of hydrogen-bond donors (Lipinski definition) is 1. The van der Waals surface area contributed by atoms with Crippen LogP contribution >= 0.6 is 0 Å². The van der Waals surface area contributed by atoms with E-state index in [4.69, 9.17) is 9.84 Å². The molecule has 0 aliphatic carbocycles. The van der Waals surface area contributed by atoms with Gasteiger partial charge < -0.3 is 9.84 Å². The van der Waals surface area contributed by atoms with Crippen molar-refractivity contribution in [3.8, 4) is 5.75 Å². The molecule has 1 aliphatic heterocycles. The number of carboxylic acids is 1. The van der Waals surface area contributed by atoms with Gasteiger partial charge in [-0.05, 0) is 29.2 Å². The third kappa shape index (κ3) is 2.49. The minimum absolute atomic E-state index is 0.424. The van der Waals surface area contributed by atoms with E-state index >= 15 is 0 Å². The van der Waals surface area contributed by atoms with Gasteiger partial charge in [0.25, 0.3) is 0 Å². The lowest BCUT2D eigenvalue weighted by atomic mass is 9.94. The molecule has 3 nitrogen and oxygen atoms in total. The summed E-state index contributed by atoms with van der Waals surface area (Å²) in [6, 6.07) is 6.00. The Kier molecular flexibility index (Phi) is 3.18. The fourth-order valence-corrected chi connectivity index (χ4v) is 1.99. The molecule has 1 aromatic carbocycles. The molecule has 1 N–H and O–H groups in total. The molecule has 0 saturated heterocycles. The highest BCUT2D eigenvalue weighted by atomic mass is 16.5. The van der Waals surface area contributed by atoms with Crippen LogP contribution in [0.3, 0.4) is 0 Å². The molecule has 0 amide bonds. The smallest absolute Gasteiger partial charge is 0.328 e. The van der Waals surface area contributed by atoms with Crippen molar-refractivity contribution in [3.05, 3.63) is 35.4 Å². The fraction of sp³-hybridized carbons (Fsp3) is 0.357. The first-order valence-electron chi connectivity index (χ1n) is 5.78. The lowest BCUT2D eigenvalue weighted by molar-refractivity contribution is -0.131. The number of carboxylic acid groups (broad SMARTS) is 1. The van der Waals surface area contributed by atoms with E-state index in [2.05, 4.69) is 13.8 Å². The number of ether oxygens (including phenoxy) is 1. The molecule has 3 heteroatoms. The van der Waals surface area contributed by atoms with Crippen molar-refractivity contribution < 1.29 is 14.6 Å². The van der Waals surface area contributed by atoms with Crippen LogP contribution in [-0.4, -0.2) is 17.7 Å². The Bertz CT molecular complexity index is 472. The molecule has 1 aromatic rings. The summed E-state index contributed by atoms with van der Waals surface area (Å²) < 4.78 is 5.54. The topological polar surface area (TPSA) is 46.5 Å². The Morgan fingerprint density at radius 2 is 2.24 bits per heavy atom. The first-order chi connectivity index (χ1) is 8.08. The van der Waals surface area contributed by atoms with Crippen LogP contribution in [0, 0.1) is 0 Å². The van der Waals surface area contributed by atoms with Crippen LogP contribution in [-0.2, 0) is 4.79 Å². The minimum Gasteiger partial charge on any atom is -0.493 e. The van der Waals surface area contributed by atoms with Crippen molar-refractivity contribution in [1.29, 1.82) is 0 Å². The molecule has 1 heterocycles. The van der Waals surface area contributed by atoms with E-state index in [1.807, 2.05) is 18.2 Å². The third-order valence-corrected chi connectivity index (χ3v) is 2.94. The van der Waals surface area contributed by atoms with E-state index in [1.54, 1.807) is 0 Å². The number of aliphatic carboxylic acids is 1. The zero-order valence-corrected chi connectivity index (χ0v) is 10.1. The summed E-state index contributed by atoms with van der Waals surface area (Å²) in [5.41, 5.74) is 2.97. The standard InChI is InChI=1S/C14H16O3/c1-9(2)10-3-4-13-12(7-10)11(5-6-17-13)8-14(15)16/h3-4,7-9H,5-6H2,1-2H3,(H,15,16)/b11-8+. The van der Waals surface area contributed by atoms with Crippen molar-refractivity contribution in [2.24, 2.45) is 0 Å². The van der Waals surface area contributed by atoms with E-state index in [0.717, 1.165) is 16.9 Å². The van der Waals surface area contributed by atoms with Crippen LogP contribution in [0.25, 0.3) is 5.57 Å². The maximum absolute atomic E-state index is 10.8. The minimum atomic E-state index is -0.900. The molecule has 0 spiro atoms. The van der Waals surface area contributed by atoms with E-state index in [9.17, 15) is 4.79 Å². The predicted molar refractivity (Wildman–Crippen MR) is 66.3 cm³/mol. The second-order valence-electron chi connectivity index (χ2n) is 4.52. The summed E-state index contributed by atoms with van der Waals surface area (Å²) in [6.07, 6.45) is 1.94. The van der Waals surface area contributed by atoms with Crippen LogP contribution in [0.4, 0.5) is 0 Å². The van der Waals surface area contributed by atoms with Gasteiger partial charge in [-0.15, -0.1) is 0 Å². The lowest BCUT2D eigenvalue weighted by Crippen LogP contribution is -2.09. The number of hydrogen-bond acceptors (Lipinski definition) is 2. The van der Waals surface area contributed by atoms with Crippen LogP contribution in [0.15, 0.2) is 24.3 Å². The number of carbonyl (C=O) groups is 1. The average molecular weight is 232 g/mol. The number of benzene rings is 1. The largest absolute Gasteiger partial charge is 0.493 e. The SMILES string of the molecule is CC(C)c1ccc2c(c1)/C(=C/C(=O)O)CCO2. The van der Waals surface area contributed by atoms with Crippen LogP contribution in [0.5, 0.6) is 5.75 Å². The van der Waals surface area contributed by atoms with Crippen molar-refractivity contribution in [2.75, 3.05) is 6.61 Å². The Morgan fingerprint density at radius 1 is 1.47 bits per heavy atom. The summed E-state index contributed by atoms with van der Waals surface area (Å²) in [4.78, 5) is 10.8. The van der Waals surface area contributed by atoms with Gasteiger partial charge >= 0.3 is 5.97 Å². The molecule has 17 heavy (non-hydrogen) atoms. The highest BCUT2D eigenvalue weighted by molar-refractivity contribution is 5.91. The Labute approximate surface area is 101 Å². The lowest BCUT2D eigenvalue weighted by Gasteiger charge is -2.21. The number of rotatable bonds is 2. The van der Waals surface area contributed by atoms with Crippen molar-refractivity contribution in [3.63, 3.8) is 0 Å². The van der Waals surface area contributed by atoms with E-state index < -0.39 is 5.97 Å². The van der Waals surface area contributed by atoms with Gasteiger partial charge in [-0.1, -0.05) is 19.9 Å². The van der Waals surface area contributed by atoms with Gasteiger partial charge in [0, 0.05) is 18.1 Å². The molecule has 2 rings (SSSR count). The molecule has 0 saturated carbocycles. The molecule has 0 fully saturated rings. The van der Waals surface area contributed by atoms with Gasteiger partial charge in [0.05, 0.1) is 6.61 Å². The summed E-state index contributed by atoms with van der Waals surface area (Å²) >= 11 is 0. The fourth-order valence-electron chi connectivity index (χ4n) is 1.99. The van der Waals surface area contributed by atoms with Gasteiger partial charge in [-0.25, -0.2) is 4.79 Å². The zero-order chi connectivity index (χ0) is 12.4. The van der Waals surface area contributed by atoms with Crippen LogP contribution < -0.4 is 4.74 Å². The highest BCUT2D eigenvalue weighted by Gasteiger charge is 2.17. The monoisotopic (exact) mass is 232 g/mol. The van der Waals surface area contributed by atoms with Gasteiger partial charge in [0.2, 0.25) is 0 Å². The van der Waals surface area contributed by atoms with Crippen LogP contribution in [0.1, 0.15) is 37.3 Å². The van der Waals surface area contributed by atoms with Gasteiger partial charge in [-0.2, -0.15) is 0 Å². The number of fused-ring (bicyclic) bond motifs is 1. The summed E-state index contributed by atoms with van der Waals surface area (Å²) in [5, 5.41) is 8.85. The van der Waals surface area contributed by atoms with Crippen molar-refractivity contribution in [2.45, 2.75) is 26.2 Å². The van der Waals surface area contributed by atoms with E-state index in [0.29, 0.717) is 18.9 Å². The quantitative estimate of drug-likeness (QED) is 0.797. The second kappa shape index (κ2) is 4.62. The predicted octanol–water partition coefficient (Wildman–Crippen LogP) is 3.06. The highest BCUT2D eigenvalue weighted by Crippen LogP contribution is 2.34. The Hall–Kier alpha value is -1.77. The van der Waals surface area contributed by atoms with Crippen LogP contribution in [0.2, 0.25) is 0 Å². The van der Waals surface area contributed by atoms with Crippen molar-refractivity contribution in [1.82, 2.24) is 0 Å². The van der Waals surface area contributed by atoms with E-state index in [-0.39, 0.29) is 0 Å². The second-order valence-corrected chi connectivity index (χ2v) is 4.52. The molecule has 0 radical (unpaired) electrons. The van der Waals surface area contributed by atoms with Gasteiger partial charge in [-0.3, -0.25) is 0 Å². The Balaban J connectivity index is 2.48. The maximum Gasteiger partial charge on any atom is 0.328 e. The molecule has 0 aromatic heterocycles. The summed E-state index contributed by atoms with van der Waals surface area (Å²) in [6.45, 7) is 4.78. The average Bonchev–Trinajstić information content (AvgIpc) is 2.28. The maximum atomic E-state index is 10.8. The summed E-state index contributed by atoms with van der Waals surface area (Å²) in [7, 11) is 0. The third-order valence-electron chi connectivity index (χ3n) is 2.94. The normalized spacial score (nSPS) is 16.8. The molecule has 90 valence electrons. The van der Waals surface area contributed by atoms with Gasteiger partial charge in [0.15, 0.2) is 0 Å². The molecule has 1 aliphatic rings. The molecular weight excluding hydrogens is 216 g/mol.